The van der Waals surface area contributed by atoms with Gasteiger partial charge in [-0.05, 0) is 25.0 Å². The molecule has 0 aromatic heterocycles. The number of hydrogen-bond acceptors (Lipinski definition) is 2. The summed E-state index contributed by atoms with van der Waals surface area (Å²) in [6.07, 6.45) is 3.21. The first-order chi connectivity index (χ1) is 7.59. The molecule has 0 spiro atoms. The lowest BCUT2D eigenvalue weighted by Gasteiger charge is -2.22. The van der Waals surface area contributed by atoms with Gasteiger partial charge in [0.1, 0.15) is 12.4 Å². The highest BCUT2D eigenvalue weighted by Crippen LogP contribution is 2.30. The summed E-state index contributed by atoms with van der Waals surface area (Å²) in [5.74, 6) is -1.29. The second-order valence-corrected chi connectivity index (χ2v) is 4.29. The van der Waals surface area contributed by atoms with E-state index in [2.05, 4.69) is 0 Å². The molecule has 0 saturated heterocycles. The summed E-state index contributed by atoms with van der Waals surface area (Å²) in [5.41, 5.74) is -0.876. The zero-order valence-electron chi connectivity index (χ0n) is 8.88. The molecule has 1 aromatic carbocycles. The number of ether oxygens (including phenoxy) is 1. The second kappa shape index (κ2) is 4.37. The summed E-state index contributed by atoms with van der Waals surface area (Å²) in [7, 11) is 0. The molecule has 16 heavy (non-hydrogen) atoms. The zero-order valence-corrected chi connectivity index (χ0v) is 8.88. The van der Waals surface area contributed by atoms with E-state index in [1.165, 1.54) is 0 Å². The van der Waals surface area contributed by atoms with Crippen molar-refractivity contribution in [1.82, 2.24) is 0 Å². The number of aliphatic hydroxyl groups is 1. The molecule has 1 saturated carbocycles. The van der Waals surface area contributed by atoms with Gasteiger partial charge in [0.2, 0.25) is 0 Å². The maximum Gasteiger partial charge on any atom is 0.165 e. The maximum atomic E-state index is 13.2. The fourth-order valence-electron chi connectivity index (χ4n) is 1.98. The monoisotopic (exact) mass is 228 g/mol. The van der Waals surface area contributed by atoms with E-state index in [1.807, 2.05) is 0 Å². The van der Waals surface area contributed by atoms with Gasteiger partial charge >= 0.3 is 0 Å². The Morgan fingerprint density at radius 1 is 1.25 bits per heavy atom. The first-order valence-electron chi connectivity index (χ1n) is 5.39. The van der Waals surface area contributed by atoms with Crippen LogP contribution in [0.25, 0.3) is 0 Å². The Morgan fingerprint density at radius 3 is 2.62 bits per heavy atom. The van der Waals surface area contributed by atoms with Gasteiger partial charge in [-0.3, -0.25) is 0 Å². The Bertz CT molecular complexity index is 373. The van der Waals surface area contributed by atoms with E-state index < -0.39 is 17.2 Å². The van der Waals surface area contributed by atoms with Gasteiger partial charge in [-0.25, -0.2) is 8.78 Å². The van der Waals surface area contributed by atoms with Crippen LogP contribution in [0.2, 0.25) is 0 Å². The van der Waals surface area contributed by atoms with Crippen LogP contribution in [0.15, 0.2) is 18.2 Å². The Labute approximate surface area is 92.9 Å². The highest BCUT2D eigenvalue weighted by molar-refractivity contribution is 5.25. The van der Waals surface area contributed by atoms with Crippen LogP contribution in [-0.2, 0) is 0 Å². The molecule has 0 aliphatic heterocycles. The zero-order chi connectivity index (χ0) is 11.6. The third-order valence-electron chi connectivity index (χ3n) is 2.92. The summed E-state index contributed by atoms with van der Waals surface area (Å²) < 4.78 is 31.2. The number of hydrogen-bond donors (Lipinski definition) is 1. The number of benzene rings is 1. The lowest BCUT2D eigenvalue weighted by atomic mass is 10.0. The van der Waals surface area contributed by atoms with Crippen LogP contribution in [0.5, 0.6) is 5.75 Å². The first-order valence-corrected chi connectivity index (χ1v) is 5.39. The van der Waals surface area contributed by atoms with Crippen molar-refractivity contribution in [3.63, 3.8) is 0 Å². The highest BCUT2D eigenvalue weighted by atomic mass is 19.1. The Morgan fingerprint density at radius 2 is 1.94 bits per heavy atom. The summed E-state index contributed by atoms with van der Waals surface area (Å²) >= 11 is 0. The van der Waals surface area contributed by atoms with Crippen LogP contribution >= 0.6 is 0 Å². The smallest absolute Gasteiger partial charge is 0.165 e. The van der Waals surface area contributed by atoms with Gasteiger partial charge in [-0.2, -0.15) is 0 Å². The second-order valence-electron chi connectivity index (χ2n) is 4.29. The molecule has 0 bridgehead atoms. The molecule has 0 unspecified atom stereocenters. The van der Waals surface area contributed by atoms with Crippen molar-refractivity contribution in [2.24, 2.45) is 0 Å². The fraction of sp³-hybridized carbons (Fsp3) is 0.500. The quantitative estimate of drug-likeness (QED) is 0.861. The molecule has 0 heterocycles. The van der Waals surface area contributed by atoms with Gasteiger partial charge in [0.05, 0.1) is 5.60 Å². The van der Waals surface area contributed by atoms with Crippen LogP contribution in [-0.4, -0.2) is 17.3 Å². The standard InChI is InChI=1S/C12H14F2O2/c13-9-3-4-10(14)11(7-9)16-8-12(15)5-1-2-6-12/h3-4,7,15H,1-2,5-6,8H2. The lowest BCUT2D eigenvalue weighted by Crippen LogP contribution is -2.32. The largest absolute Gasteiger partial charge is 0.487 e. The average Bonchev–Trinajstić information content (AvgIpc) is 2.67. The van der Waals surface area contributed by atoms with Crippen molar-refractivity contribution in [2.75, 3.05) is 6.61 Å². The van der Waals surface area contributed by atoms with E-state index in [1.54, 1.807) is 0 Å². The Kier molecular flexibility index (Phi) is 3.10. The third-order valence-corrected chi connectivity index (χ3v) is 2.92. The molecular weight excluding hydrogens is 214 g/mol. The topological polar surface area (TPSA) is 29.5 Å². The molecule has 4 heteroatoms. The first kappa shape index (κ1) is 11.3. The van der Waals surface area contributed by atoms with Gasteiger partial charge in [0.15, 0.2) is 11.6 Å². The van der Waals surface area contributed by atoms with Crippen LogP contribution in [0.4, 0.5) is 8.78 Å². The Hall–Kier alpha value is -1.16. The van der Waals surface area contributed by atoms with Crippen molar-refractivity contribution in [2.45, 2.75) is 31.3 Å². The molecule has 0 radical (unpaired) electrons. The predicted octanol–water partition coefficient (Wildman–Crippen LogP) is 2.65. The van der Waals surface area contributed by atoms with E-state index in [0.29, 0.717) is 12.8 Å². The van der Waals surface area contributed by atoms with E-state index in [4.69, 9.17) is 4.74 Å². The molecule has 1 aliphatic carbocycles. The van der Waals surface area contributed by atoms with Crippen LogP contribution < -0.4 is 4.74 Å². The molecule has 2 nitrogen and oxygen atoms in total. The number of halogens is 2. The van der Waals surface area contributed by atoms with Crippen LogP contribution in [0.1, 0.15) is 25.7 Å². The van der Waals surface area contributed by atoms with E-state index in [0.717, 1.165) is 31.0 Å². The fourth-order valence-corrected chi connectivity index (χ4v) is 1.98. The normalized spacial score (nSPS) is 18.7. The summed E-state index contributed by atoms with van der Waals surface area (Å²) in [6, 6.07) is 3.05. The maximum absolute atomic E-state index is 13.2. The van der Waals surface area contributed by atoms with Crippen molar-refractivity contribution >= 4 is 0 Å². The minimum Gasteiger partial charge on any atom is -0.487 e. The highest BCUT2D eigenvalue weighted by Gasteiger charge is 2.32. The molecule has 88 valence electrons. The van der Waals surface area contributed by atoms with Crippen molar-refractivity contribution < 1.29 is 18.6 Å². The van der Waals surface area contributed by atoms with Crippen molar-refractivity contribution in [1.29, 1.82) is 0 Å². The SMILES string of the molecule is OC1(COc2cc(F)ccc2F)CCCC1. The minimum absolute atomic E-state index is 0.0212. The molecule has 1 fully saturated rings. The lowest BCUT2D eigenvalue weighted by molar-refractivity contribution is 0.000230. The van der Waals surface area contributed by atoms with Gasteiger partial charge < -0.3 is 9.84 Å². The van der Waals surface area contributed by atoms with Gasteiger partial charge in [-0.15, -0.1) is 0 Å². The van der Waals surface area contributed by atoms with Crippen molar-refractivity contribution in [3.8, 4) is 5.75 Å². The van der Waals surface area contributed by atoms with Gasteiger partial charge in [-0.1, -0.05) is 12.8 Å². The minimum atomic E-state index is -0.876. The van der Waals surface area contributed by atoms with Crippen LogP contribution in [0, 0.1) is 11.6 Å². The molecule has 2 rings (SSSR count). The summed E-state index contributed by atoms with van der Waals surface area (Å²) in [6.45, 7) is 0.0212. The van der Waals surface area contributed by atoms with Gasteiger partial charge in [0, 0.05) is 6.07 Å². The summed E-state index contributed by atoms with van der Waals surface area (Å²) in [4.78, 5) is 0. The van der Waals surface area contributed by atoms with Crippen molar-refractivity contribution in [3.05, 3.63) is 29.8 Å². The van der Waals surface area contributed by atoms with Crippen LogP contribution in [0.3, 0.4) is 0 Å². The predicted molar refractivity (Wildman–Crippen MR) is 55.3 cm³/mol. The average molecular weight is 228 g/mol. The van der Waals surface area contributed by atoms with E-state index >= 15 is 0 Å². The van der Waals surface area contributed by atoms with E-state index in [9.17, 15) is 13.9 Å². The third kappa shape index (κ3) is 2.50. The molecule has 1 aliphatic rings. The Balaban J connectivity index is 2.01. The number of rotatable bonds is 3. The molecule has 0 atom stereocenters. The molecule has 1 aromatic rings. The molecular formula is C12H14F2O2. The van der Waals surface area contributed by atoms with E-state index in [-0.39, 0.29) is 12.4 Å². The summed E-state index contributed by atoms with van der Waals surface area (Å²) in [5, 5.41) is 9.97. The molecule has 1 N–H and O–H groups in total. The molecule has 0 amide bonds. The van der Waals surface area contributed by atoms with Gasteiger partial charge in [0.25, 0.3) is 0 Å².